The van der Waals surface area contributed by atoms with Crippen molar-refractivity contribution in [1.29, 1.82) is 0 Å². The van der Waals surface area contributed by atoms with Gasteiger partial charge in [0, 0.05) is 11.4 Å². The van der Waals surface area contributed by atoms with Crippen LogP contribution in [0.1, 0.15) is 22.9 Å². The minimum absolute atomic E-state index is 0.0221. The average Bonchev–Trinajstić information content (AvgIpc) is 3.39. The second-order valence-electron chi connectivity index (χ2n) is 7.75. The molecule has 3 aromatic rings. The maximum atomic E-state index is 13.7. The molecular weight excluding hydrogens is 464 g/mol. The number of nitrogens with zero attached hydrogens (tertiary/aromatic N) is 1. The molecule has 6 nitrogen and oxygen atoms in total. The molecule has 2 heterocycles. The maximum absolute atomic E-state index is 13.7. The standard InChI is InChI=1S/C23H26N2O4S3/c1-2-31(26,27)24-15-14-21-12-13-23(30-21)32(28,29)25-20(16-18-8-4-3-5-9-18)17-19-10-6-7-11-22(19)25/h3-13,20,24H,2,14-17H2,1H3. The Morgan fingerprint density at radius 2 is 1.69 bits per heavy atom. The number of nitrogens with one attached hydrogen (secondary N) is 1. The minimum Gasteiger partial charge on any atom is -0.262 e. The number of para-hydroxylation sites is 1. The SMILES string of the molecule is CCS(=O)(=O)NCCc1ccc(S(=O)(=O)N2c3ccccc3CC2Cc2ccccc2)s1. The summed E-state index contributed by atoms with van der Waals surface area (Å²) >= 11 is 1.20. The molecule has 0 saturated carbocycles. The Morgan fingerprint density at radius 1 is 0.969 bits per heavy atom. The fourth-order valence-corrected chi connectivity index (χ4v) is 7.71. The fourth-order valence-electron chi connectivity index (χ4n) is 3.96. The predicted octanol–water partition coefficient (Wildman–Crippen LogP) is 3.59. The molecular formula is C23H26N2O4S3. The van der Waals surface area contributed by atoms with E-state index < -0.39 is 20.0 Å². The van der Waals surface area contributed by atoms with Crippen LogP contribution in [0.15, 0.2) is 70.9 Å². The Hall–Kier alpha value is -2.20. The maximum Gasteiger partial charge on any atom is 0.274 e. The van der Waals surface area contributed by atoms with E-state index in [0.717, 1.165) is 21.7 Å². The van der Waals surface area contributed by atoms with Gasteiger partial charge in [-0.05, 0) is 55.5 Å². The van der Waals surface area contributed by atoms with Gasteiger partial charge in [0.05, 0.1) is 17.5 Å². The molecule has 0 radical (unpaired) electrons. The zero-order valence-corrected chi connectivity index (χ0v) is 20.2. The van der Waals surface area contributed by atoms with Gasteiger partial charge in [-0.1, -0.05) is 48.5 Å². The smallest absolute Gasteiger partial charge is 0.262 e. The topological polar surface area (TPSA) is 83.5 Å². The molecule has 9 heteroatoms. The summed E-state index contributed by atoms with van der Waals surface area (Å²) in [5.74, 6) is 0.0221. The summed E-state index contributed by atoms with van der Waals surface area (Å²) in [4.78, 5) is 0.828. The van der Waals surface area contributed by atoms with Crippen molar-refractivity contribution in [3.8, 4) is 0 Å². The molecule has 0 amide bonds. The van der Waals surface area contributed by atoms with Crippen molar-refractivity contribution in [2.24, 2.45) is 0 Å². The molecule has 1 atom stereocenters. The molecule has 1 aliphatic rings. The zero-order valence-electron chi connectivity index (χ0n) is 17.8. The molecule has 1 N–H and O–H groups in total. The first-order valence-corrected chi connectivity index (χ1v) is 14.4. The number of hydrogen-bond acceptors (Lipinski definition) is 5. The van der Waals surface area contributed by atoms with E-state index in [9.17, 15) is 16.8 Å². The molecule has 1 aromatic heterocycles. The van der Waals surface area contributed by atoms with Crippen LogP contribution >= 0.6 is 11.3 Å². The molecule has 4 rings (SSSR count). The van der Waals surface area contributed by atoms with Crippen LogP contribution in [0.25, 0.3) is 0 Å². The highest BCUT2D eigenvalue weighted by molar-refractivity contribution is 7.94. The third-order valence-corrected chi connectivity index (χ3v) is 10.4. The van der Waals surface area contributed by atoms with E-state index in [1.54, 1.807) is 23.4 Å². The van der Waals surface area contributed by atoms with Gasteiger partial charge in [0.15, 0.2) is 0 Å². The Morgan fingerprint density at radius 3 is 2.44 bits per heavy atom. The second-order valence-corrected chi connectivity index (χ2v) is 13.1. The first-order chi connectivity index (χ1) is 15.3. The highest BCUT2D eigenvalue weighted by Crippen LogP contribution is 2.39. The van der Waals surface area contributed by atoms with Crippen molar-refractivity contribution in [1.82, 2.24) is 4.72 Å². The number of thiophene rings is 1. The Balaban J connectivity index is 1.59. The molecule has 0 aliphatic carbocycles. The third-order valence-electron chi connectivity index (χ3n) is 5.55. The van der Waals surface area contributed by atoms with Crippen LogP contribution in [-0.4, -0.2) is 35.2 Å². The van der Waals surface area contributed by atoms with Gasteiger partial charge in [-0.15, -0.1) is 11.3 Å². The summed E-state index contributed by atoms with van der Waals surface area (Å²) in [6.07, 6.45) is 1.75. The minimum atomic E-state index is -3.75. The summed E-state index contributed by atoms with van der Waals surface area (Å²) in [7, 11) is -7.01. The van der Waals surface area contributed by atoms with E-state index in [0.29, 0.717) is 19.3 Å². The monoisotopic (exact) mass is 490 g/mol. The lowest BCUT2D eigenvalue weighted by atomic mass is 10.0. The summed E-state index contributed by atoms with van der Waals surface area (Å²) in [6, 6.07) is 20.8. The lowest BCUT2D eigenvalue weighted by Gasteiger charge is -2.26. The molecule has 1 unspecified atom stereocenters. The second kappa shape index (κ2) is 9.35. The normalized spacial score (nSPS) is 16.3. The predicted molar refractivity (Wildman–Crippen MR) is 129 cm³/mol. The lowest BCUT2D eigenvalue weighted by molar-refractivity contribution is 0.579. The van der Waals surface area contributed by atoms with Crippen molar-refractivity contribution in [2.45, 2.75) is 36.4 Å². The van der Waals surface area contributed by atoms with Crippen LogP contribution in [0.5, 0.6) is 0 Å². The zero-order chi connectivity index (χ0) is 22.8. The number of sulfonamides is 2. The molecule has 32 heavy (non-hydrogen) atoms. The molecule has 0 fully saturated rings. The van der Waals surface area contributed by atoms with E-state index in [1.807, 2.05) is 54.6 Å². The van der Waals surface area contributed by atoms with Crippen molar-refractivity contribution < 1.29 is 16.8 Å². The quantitative estimate of drug-likeness (QED) is 0.497. The highest BCUT2D eigenvalue weighted by Gasteiger charge is 2.38. The van der Waals surface area contributed by atoms with Crippen LogP contribution in [0.2, 0.25) is 0 Å². The van der Waals surface area contributed by atoms with E-state index in [1.165, 1.54) is 11.3 Å². The van der Waals surface area contributed by atoms with Crippen LogP contribution in [0, 0.1) is 0 Å². The van der Waals surface area contributed by atoms with Gasteiger partial charge in [-0.2, -0.15) is 0 Å². The molecule has 0 spiro atoms. The third kappa shape index (κ3) is 4.91. The van der Waals surface area contributed by atoms with Crippen molar-refractivity contribution in [3.05, 3.63) is 82.7 Å². The summed E-state index contributed by atoms with van der Waals surface area (Å²) in [6.45, 7) is 1.83. The van der Waals surface area contributed by atoms with E-state index in [-0.39, 0.29) is 22.5 Å². The fraction of sp³-hybridized carbons (Fsp3) is 0.304. The van der Waals surface area contributed by atoms with Crippen LogP contribution in [0.3, 0.4) is 0 Å². The van der Waals surface area contributed by atoms with E-state index in [2.05, 4.69) is 4.72 Å². The number of fused-ring (bicyclic) bond motifs is 1. The van der Waals surface area contributed by atoms with Crippen LogP contribution in [-0.2, 0) is 39.3 Å². The van der Waals surface area contributed by atoms with E-state index in [4.69, 9.17) is 0 Å². The Bertz CT molecular complexity index is 1290. The van der Waals surface area contributed by atoms with Gasteiger partial charge < -0.3 is 0 Å². The molecule has 2 aromatic carbocycles. The summed E-state index contributed by atoms with van der Waals surface area (Å²) in [5, 5.41) is 0. The summed E-state index contributed by atoms with van der Waals surface area (Å²) in [5.41, 5.74) is 2.86. The molecule has 1 aliphatic heterocycles. The Kier molecular flexibility index (Phi) is 6.71. The average molecular weight is 491 g/mol. The van der Waals surface area contributed by atoms with Gasteiger partial charge in [-0.25, -0.2) is 21.6 Å². The van der Waals surface area contributed by atoms with Crippen molar-refractivity contribution in [2.75, 3.05) is 16.6 Å². The summed E-state index contributed by atoms with van der Waals surface area (Å²) < 4.78 is 55.1. The van der Waals surface area contributed by atoms with Gasteiger partial charge in [0.1, 0.15) is 4.21 Å². The van der Waals surface area contributed by atoms with Gasteiger partial charge in [0.2, 0.25) is 10.0 Å². The van der Waals surface area contributed by atoms with Gasteiger partial charge in [0.25, 0.3) is 10.0 Å². The first kappa shape index (κ1) is 23.0. The molecule has 170 valence electrons. The van der Waals surface area contributed by atoms with Gasteiger partial charge >= 0.3 is 0 Å². The highest BCUT2D eigenvalue weighted by atomic mass is 32.2. The number of anilines is 1. The lowest BCUT2D eigenvalue weighted by Crippen LogP contribution is -2.38. The van der Waals surface area contributed by atoms with Crippen molar-refractivity contribution in [3.63, 3.8) is 0 Å². The molecule has 0 saturated heterocycles. The number of benzene rings is 2. The van der Waals surface area contributed by atoms with Crippen LogP contribution in [0.4, 0.5) is 5.69 Å². The van der Waals surface area contributed by atoms with Crippen molar-refractivity contribution >= 4 is 37.1 Å². The van der Waals surface area contributed by atoms with Gasteiger partial charge in [-0.3, -0.25) is 4.31 Å². The van der Waals surface area contributed by atoms with Crippen LogP contribution < -0.4 is 9.03 Å². The first-order valence-electron chi connectivity index (χ1n) is 10.5. The number of rotatable bonds is 9. The Labute approximate surface area is 194 Å². The largest absolute Gasteiger partial charge is 0.274 e. The molecule has 0 bridgehead atoms. The number of hydrogen-bond donors (Lipinski definition) is 1. The van der Waals surface area contributed by atoms with E-state index >= 15 is 0 Å².